The van der Waals surface area contributed by atoms with Crippen molar-refractivity contribution in [1.29, 1.82) is 0 Å². The zero-order valence-electron chi connectivity index (χ0n) is 10.8. The Kier molecular flexibility index (Phi) is 5.63. The first-order valence-corrected chi connectivity index (χ1v) is 6.02. The highest BCUT2D eigenvalue weighted by molar-refractivity contribution is 5.72. The summed E-state index contributed by atoms with van der Waals surface area (Å²) < 4.78 is 10.9. The Hall–Kier alpha value is -1.42. The molecule has 0 radical (unpaired) electrons. The van der Waals surface area contributed by atoms with Crippen LogP contribution in [-0.2, 0) is 4.74 Å². The van der Waals surface area contributed by atoms with Gasteiger partial charge >= 0.3 is 0 Å². The van der Waals surface area contributed by atoms with Crippen LogP contribution < -0.4 is 15.8 Å². The molecule has 1 aromatic carbocycles. The fraction of sp³-hybridized carbons (Fsp3) is 0.538. The molecule has 4 nitrogen and oxygen atoms in total. The van der Waals surface area contributed by atoms with Gasteiger partial charge in [0.2, 0.25) is 0 Å². The molecule has 1 aromatic rings. The van der Waals surface area contributed by atoms with Gasteiger partial charge in [-0.25, -0.2) is 0 Å². The highest BCUT2D eigenvalue weighted by Crippen LogP contribution is 2.29. The first-order chi connectivity index (χ1) is 8.15. The molecule has 0 amide bonds. The summed E-state index contributed by atoms with van der Waals surface area (Å²) in [6.45, 7) is 7.99. The second-order valence-corrected chi connectivity index (χ2v) is 4.00. The third-order valence-corrected chi connectivity index (χ3v) is 2.23. The molecule has 3 N–H and O–H groups in total. The highest BCUT2D eigenvalue weighted by Gasteiger charge is 2.04. The summed E-state index contributed by atoms with van der Waals surface area (Å²) in [5.41, 5.74) is 7.53. The maximum atomic E-state index is 5.98. The van der Waals surface area contributed by atoms with Gasteiger partial charge in [-0.05, 0) is 32.9 Å². The molecule has 1 rings (SSSR count). The Morgan fingerprint density at radius 1 is 1.35 bits per heavy atom. The predicted octanol–water partition coefficient (Wildman–Crippen LogP) is 2.50. The van der Waals surface area contributed by atoms with E-state index in [1.807, 2.05) is 39.0 Å². The van der Waals surface area contributed by atoms with Crippen molar-refractivity contribution >= 4 is 11.4 Å². The van der Waals surface area contributed by atoms with Crippen molar-refractivity contribution < 1.29 is 9.47 Å². The average Bonchev–Trinajstić information content (AvgIpc) is 2.29. The van der Waals surface area contributed by atoms with Gasteiger partial charge in [0, 0.05) is 6.54 Å². The number of ether oxygens (including phenoxy) is 2. The third-order valence-electron chi connectivity index (χ3n) is 2.23. The molecule has 0 aliphatic rings. The second-order valence-electron chi connectivity index (χ2n) is 4.00. The van der Waals surface area contributed by atoms with E-state index in [-0.39, 0.29) is 6.10 Å². The summed E-state index contributed by atoms with van der Waals surface area (Å²) in [4.78, 5) is 0. The average molecular weight is 238 g/mol. The summed E-state index contributed by atoms with van der Waals surface area (Å²) in [6, 6.07) is 5.73. The quantitative estimate of drug-likeness (QED) is 0.566. The number of para-hydroxylation sites is 1. The predicted molar refractivity (Wildman–Crippen MR) is 71.6 cm³/mol. The molecule has 0 unspecified atom stereocenters. The van der Waals surface area contributed by atoms with Gasteiger partial charge in [0.1, 0.15) is 5.75 Å². The number of hydrogen-bond donors (Lipinski definition) is 2. The normalized spacial score (nSPS) is 10.6. The van der Waals surface area contributed by atoms with E-state index in [0.717, 1.165) is 18.0 Å². The number of nitrogens with two attached hydrogens (primary N) is 1. The van der Waals surface area contributed by atoms with Crippen LogP contribution in [0.15, 0.2) is 18.2 Å². The van der Waals surface area contributed by atoms with Crippen molar-refractivity contribution in [3.05, 3.63) is 18.2 Å². The summed E-state index contributed by atoms with van der Waals surface area (Å²) in [5.74, 6) is 0.724. The zero-order valence-corrected chi connectivity index (χ0v) is 10.8. The summed E-state index contributed by atoms with van der Waals surface area (Å²) in [5, 5.41) is 3.24. The minimum atomic E-state index is 0.254. The number of anilines is 2. The molecular formula is C13H22N2O2. The Labute approximate surface area is 103 Å². The van der Waals surface area contributed by atoms with E-state index in [1.54, 1.807) is 0 Å². The molecule has 96 valence electrons. The lowest BCUT2D eigenvalue weighted by molar-refractivity contribution is 0.0870. The molecule has 0 saturated carbocycles. The number of benzene rings is 1. The second kappa shape index (κ2) is 7.01. The Bertz CT molecular complexity index is 340. The van der Waals surface area contributed by atoms with E-state index in [0.29, 0.717) is 18.9 Å². The maximum Gasteiger partial charge on any atom is 0.144 e. The van der Waals surface area contributed by atoms with Gasteiger partial charge in [0.25, 0.3) is 0 Å². The molecule has 0 bridgehead atoms. The van der Waals surface area contributed by atoms with Crippen LogP contribution in [0.25, 0.3) is 0 Å². The molecule has 0 aliphatic heterocycles. The highest BCUT2D eigenvalue weighted by atomic mass is 16.5. The minimum Gasteiger partial charge on any atom is -0.492 e. The molecule has 17 heavy (non-hydrogen) atoms. The summed E-state index contributed by atoms with van der Waals surface area (Å²) in [6.07, 6.45) is 0.254. The molecule has 0 aliphatic carbocycles. The molecule has 0 atom stereocenters. The lowest BCUT2D eigenvalue weighted by atomic mass is 10.2. The molecule has 0 aromatic heterocycles. The monoisotopic (exact) mass is 238 g/mol. The van der Waals surface area contributed by atoms with Crippen LogP contribution in [0, 0.1) is 0 Å². The van der Waals surface area contributed by atoms with Gasteiger partial charge in [-0.2, -0.15) is 0 Å². The standard InChI is InChI=1S/C13H22N2O2/c1-4-16-12-7-5-6-11(13(12)14)15-8-9-17-10(2)3/h5-7,10,15H,4,8-9,14H2,1-3H3. The lowest BCUT2D eigenvalue weighted by Gasteiger charge is -2.13. The fourth-order valence-electron chi connectivity index (χ4n) is 1.46. The van der Waals surface area contributed by atoms with Crippen LogP contribution in [0.4, 0.5) is 11.4 Å². The summed E-state index contributed by atoms with van der Waals surface area (Å²) >= 11 is 0. The zero-order chi connectivity index (χ0) is 12.7. The number of hydrogen-bond acceptors (Lipinski definition) is 4. The van der Waals surface area contributed by atoms with E-state index < -0.39 is 0 Å². The number of nitrogens with one attached hydrogen (secondary N) is 1. The molecule has 0 fully saturated rings. The molecular weight excluding hydrogens is 216 g/mol. The molecule has 0 spiro atoms. The van der Waals surface area contributed by atoms with Crippen molar-refractivity contribution in [1.82, 2.24) is 0 Å². The molecule has 0 heterocycles. The van der Waals surface area contributed by atoms with E-state index in [9.17, 15) is 0 Å². The van der Waals surface area contributed by atoms with Gasteiger partial charge in [0.05, 0.1) is 30.7 Å². The maximum absolute atomic E-state index is 5.98. The largest absolute Gasteiger partial charge is 0.492 e. The van der Waals surface area contributed by atoms with E-state index >= 15 is 0 Å². The van der Waals surface area contributed by atoms with Gasteiger partial charge in [-0.3, -0.25) is 0 Å². The fourth-order valence-corrected chi connectivity index (χ4v) is 1.46. The number of nitrogen functional groups attached to an aromatic ring is 1. The van der Waals surface area contributed by atoms with Crippen molar-refractivity contribution in [2.24, 2.45) is 0 Å². The summed E-state index contributed by atoms with van der Waals surface area (Å²) in [7, 11) is 0. The van der Waals surface area contributed by atoms with E-state index in [4.69, 9.17) is 15.2 Å². The van der Waals surface area contributed by atoms with Crippen molar-refractivity contribution in [2.45, 2.75) is 26.9 Å². The van der Waals surface area contributed by atoms with Crippen LogP contribution >= 0.6 is 0 Å². The van der Waals surface area contributed by atoms with Gasteiger partial charge in [-0.1, -0.05) is 6.07 Å². The topological polar surface area (TPSA) is 56.5 Å². The smallest absolute Gasteiger partial charge is 0.144 e. The molecule has 4 heteroatoms. The van der Waals surface area contributed by atoms with Crippen LogP contribution in [0.5, 0.6) is 5.75 Å². The van der Waals surface area contributed by atoms with Crippen molar-refractivity contribution in [3.63, 3.8) is 0 Å². The van der Waals surface area contributed by atoms with Crippen LogP contribution in [0.1, 0.15) is 20.8 Å². The minimum absolute atomic E-state index is 0.254. The molecule has 0 saturated heterocycles. The first kappa shape index (κ1) is 13.6. The SMILES string of the molecule is CCOc1cccc(NCCOC(C)C)c1N. The Balaban J connectivity index is 2.50. The number of rotatable bonds is 7. The van der Waals surface area contributed by atoms with Crippen molar-refractivity contribution in [3.8, 4) is 5.75 Å². The van der Waals surface area contributed by atoms with Gasteiger partial charge < -0.3 is 20.5 Å². The van der Waals surface area contributed by atoms with E-state index in [2.05, 4.69) is 5.32 Å². The third kappa shape index (κ3) is 4.53. The van der Waals surface area contributed by atoms with E-state index in [1.165, 1.54) is 0 Å². The Morgan fingerprint density at radius 3 is 2.76 bits per heavy atom. The van der Waals surface area contributed by atoms with Crippen molar-refractivity contribution in [2.75, 3.05) is 30.8 Å². The Morgan fingerprint density at radius 2 is 2.12 bits per heavy atom. The lowest BCUT2D eigenvalue weighted by Crippen LogP contribution is -2.14. The van der Waals surface area contributed by atoms with Crippen LogP contribution in [0.3, 0.4) is 0 Å². The first-order valence-electron chi connectivity index (χ1n) is 6.02. The van der Waals surface area contributed by atoms with Crippen LogP contribution in [-0.4, -0.2) is 25.9 Å². The van der Waals surface area contributed by atoms with Gasteiger partial charge in [0.15, 0.2) is 0 Å². The van der Waals surface area contributed by atoms with Gasteiger partial charge in [-0.15, -0.1) is 0 Å². The van der Waals surface area contributed by atoms with Crippen LogP contribution in [0.2, 0.25) is 0 Å².